The van der Waals surface area contributed by atoms with Crippen LogP contribution in [0.15, 0.2) is 10.9 Å². The van der Waals surface area contributed by atoms with Crippen molar-refractivity contribution in [1.29, 1.82) is 0 Å². The summed E-state index contributed by atoms with van der Waals surface area (Å²) in [6, 6.07) is 0. The number of carboxylic acids is 2. The molecule has 0 aromatic heterocycles. The van der Waals surface area contributed by atoms with Crippen LogP contribution in [0.25, 0.3) is 0 Å². The molecule has 0 aliphatic carbocycles. The number of carbonyl (C=O) groups is 2. The van der Waals surface area contributed by atoms with E-state index in [-0.39, 0.29) is 0 Å². The van der Waals surface area contributed by atoms with Gasteiger partial charge in [-0.05, 0) is 0 Å². The molecular formula is C4H2ClFO4. The van der Waals surface area contributed by atoms with Gasteiger partial charge in [-0.2, -0.15) is 4.39 Å². The highest BCUT2D eigenvalue weighted by molar-refractivity contribution is 6.42. The molecule has 0 radical (unpaired) electrons. The van der Waals surface area contributed by atoms with Crippen LogP contribution in [0.4, 0.5) is 4.39 Å². The monoisotopic (exact) mass is 168 g/mol. The first-order valence-corrected chi connectivity index (χ1v) is 2.36. The second-order valence-corrected chi connectivity index (χ2v) is 1.62. The van der Waals surface area contributed by atoms with Crippen LogP contribution >= 0.6 is 11.6 Å². The summed E-state index contributed by atoms with van der Waals surface area (Å²) < 4.78 is 11.9. The largest absolute Gasteiger partial charge is 0.477 e. The predicted molar refractivity (Wildman–Crippen MR) is 29.3 cm³/mol. The normalized spacial score (nSPS) is 12.2. The van der Waals surface area contributed by atoms with E-state index in [1.54, 1.807) is 0 Å². The molecular weight excluding hydrogens is 166 g/mol. The smallest absolute Gasteiger partial charge is 0.366 e. The quantitative estimate of drug-likeness (QED) is 0.592. The lowest BCUT2D eigenvalue weighted by atomic mass is 10.5. The van der Waals surface area contributed by atoms with Crippen LogP contribution in [0.3, 0.4) is 0 Å². The average Bonchev–Trinajstić information content (AvgIpc) is 1.84. The van der Waals surface area contributed by atoms with Crippen LogP contribution < -0.4 is 0 Å². The standard InChI is InChI=1S/C4H2ClFO4/c5-1(3(7)8)2(6)4(9)10/h(H,7,8)(H,9,10)/b2-1-. The third-order valence-electron chi connectivity index (χ3n) is 0.568. The van der Waals surface area contributed by atoms with Crippen molar-refractivity contribution in [1.82, 2.24) is 0 Å². The first-order chi connectivity index (χ1) is 4.46. The zero-order valence-electron chi connectivity index (χ0n) is 4.47. The van der Waals surface area contributed by atoms with E-state index in [4.69, 9.17) is 10.2 Å². The molecule has 0 fully saturated rings. The topological polar surface area (TPSA) is 74.6 Å². The average molecular weight is 169 g/mol. The maximum Gasteiger partial charge on any atom is 0.366 e. The van der Waals surface area contributed by atoms with Crippen LogP contribution in [0, 0.1) is 0 Å². The Morgan fingerprint density at radius 1 is 1.20 bits per heavy atom. The van der Waals surface area contributed by atoms with Gasteiger partial charge in [0.15, 0.2) is 5.03 Å². The molecule has 0 aromatic carbocycles. The van der Waals surface area contributed by atoms with Crippen molar-refractivity contribution in [3.63, 3.8) is 0 Å². The molecule has 4 nitrogen and oxygen atoms in total. The number of rotatable bonds is 2. The van der Waals surface area contributed by atoms with Crippen molar-refractivity contribution in [2.24, 2.45) is 0 Å². The maximum absolute atomic E-state index is 11.9. The van der Waals surface area contributed by atoms with Gasteiger partial charge in [0.2, 0.25) is 5.83 Å². The van der Waals surface area contributed by atoms with Crippen LogP contribution in [0.5, 0.6) is 0 Å². The molecule has 0 saturated heterocycles. The Labute approximate surface area is 59.5 Å². The minimum Gasteiger partial charge on any atom is -0.477 e. The van der Waals surface area contributed by atoms with Crippen LogP contribution in [-0.4, -0.2) is 22.2 Å². The Kier molecular flexibility index (Phi) is 2.82. The molecule has 0 aromatic rings. The van der Waals surface area contributed by atoms with E-state index in [1.807, 2.05) is 0 Å². The van der Waals surface area contributed by atoms with Gasteiger partial charge in [0.05, 0.1) is 0 Å². The van der Waals surface area contributed by atoms with Crippen LogP contribution in [0.2, 0.25) is 0 Å². The molecule has 10 heavy (non-hydrogen) atoms. The summed E-state index contributed by atoms with van der Waals surface area (Å²) >= 11 is 4.69. The maximum atomic E-state index is 11.9. The molecule has 2 N–H and O–H groups in total. The Morgan fingerprint density at radius 3 is 1.70 bits per heavy atom. The Balaban J connectivity index is 4.67. The van der Waals surface area contributed by atoms with Gasteiger partial charge >= 0.3 is 11.9 Å². The van der Waals surface area contributed by atoms with Gasteiger partial charge in [0.25, 0.3) is 0 Å². The van der Waals surface area contributed by atoms with E-state index < -0.39 is 22.8 Å². The zero-order chi connectivity index (χ0) is 8.31. The van der Waals surface area contributed by atoms with E-state index >= 15 is 0 Å². The molecule has 0 rings (SSSR count). The molecule has 0 aliphatic heterocycles. The predicted octanol–water partition coefficient (Wildman–Crippen LogP) is 0.576. The highest BCUT2D eigenvalue weighted by atomic mass is 35.5. The third-order valence-corrected chi connectivity index (χ3v) is 0.896. The summed E-state index contributed by atoms with van der Waals surface area (Å²) in [5, 5.41) is 14.4. The van der Waals surface area contributed by atoms with Gasteiger partial charge in [-0.25, -0.2) is 9.59 Å². The summed E-state index contributed by atoms with van der Waals surface area (Å²) in [6.07, 6.45) is 0. The van der Waals surface area contributed by atoms with E-state index in [0.717, 1.165) is 0 Å². The van der Waals surface area contributed by atoms with Gasteiger partial charge in [-0.3, -0.25) is 0 Å². The molecule has 56 valence electrons. The molecule has 0 heterocycles. The van der Waals surface area contributed by atoms with Gasteiger partial charge in [-0.15, -0.1) is 0 Å². The van der Waals surface area contributed by atoms with E-state index in [1.165, 1.54) is 0 Å². The first-order valence-electron chi connectivity index (χ1n) is 1.98. The minimum absolute atomic E-state index is 1.33. The van der Waals surface area contributed by atoms with Crippen molar-refractivity contribution < 1.29 is 24.2 Å². The van der Waals surface area contributed by atoms with Crippen molar-refractivity contribution in [2.75, 3.05) is 0 Å². The number of carboxylic acid groups (broad SMARTS) is 2. The summed E-state index contributed by atoms with van der Waals surface area (Å²) in [4.78, 5) is 19.4. The second-order valence-electron chi connectivity index (χ2n) is 1.24. The lowest BCUT2D eigenvalue weighted by Gasteiger charge is -1.89. The Morgan fingerprint density at radius 2 is 1.60 bits per heavy atom. The minimum atomic E-state index is -1.99. The van der Waals surface area contributed by atoms with E-state index in [2.05, 4.69) is 11.6 Å². The third kappa shape index (κ3) is 2.02. The number of halogens is 2. The van der Waals surface area contributed by atoms with E-state index in [9.17, 15) is 14.0 Å². The highest BCUT2D eigenvalue weighted by Gasteiger charge is 2.17. The first kappa shape index (κ1) is 8.90. The van der Waals surface area contributed by atoms with E-state index in [0.29, 0.717) is 0 Å². The van der Waals surface area contributed by atoms with Crippen LogP contribution in [-0.2, 0) is 9.59 Å². The van der Waals surface area contributed by atoms with Gasteiger partial charge in [-0.1, -0.05) is 11.6 Å². The van der Waals surface area contributed by atoms with Crippen LogP contribution in [0.1, 0.15) is 0 Å². The fraction of sp³-hybridized carbons (Fsp3) is 0. The van der Waals surface area contributed by atoms with Crippen molar-refractivity contribution >= 4 is 23.5 Å². The molecule has 0 amide bonds. The summed E-state index contributed by atoms with van der Waals surface area (Å²) in [5.74, 6) is -5.66. The summed E-state index contributed by atoms with van der Waals surface area (Å²) in [7, 11) is 0. The molecule has 0 bridgehead atoms. The van der Waals surface area contributed by atoms with Crippen molar-refractivity contribution in [3.8, 4) is 0 Å². The van der Waals surface area contributed by atoms with Crippen molar-refractivity contribution in [3.05, 3.63) is 10.9 Å². The Bertz CT molecular complexity index is 187. The lowest BCUT2D eigenvalue weighted by molar-refractivity contribution is -0.136. The fourth-order valence-corrected chi connectivity index (χ4v) is 0.269. The second kappa shape index (κ2) is 3.17. The number of aliphatic carboxylic acids is 2. The molecule has 6 heteroatoms. The van der Waals surface area contributed by atoms with Gasteiger partial charge < -0.3 is 10.2 Å². The molecule has 0 spiro atoms. The molecule has 0 aliphatic rings. The number of hydrogen-bond acceptors (Lipinski definition) is 2. The number of hydrogen-bond donors (Lipinski definition) is 2. The zero-order valence-corrected chi connectivity index (χ0v) is 5.22. The summed E-state index contributed by atoms with van der Waals surface area (Å²) in [5.41, 5.74) is 0. The van der Waals surface area contributed by atoms with Crippen molar-refractivity contribution in [2.45, 2.75) is 0 Å². The van der Waals surface area contributed by atoms with Gasteiger partial charge in [0, 0.05) is 0 Å². The molecule has 0 atom stereocenters. The summed E-state index contributed by atoms with van der Waals surface area (Å²) in [6.45, 7) is 0. The highest BCUT2D eigenvalue weighted by Crippen LogP contribution is 2.10. The fourth-order valence-electron chi connectivity index (χ4n) is 0.188. The Hall–Kier alpha value is -1.10. The molecule has 0 saturated carbocycles. The SMILES string of the molecule is O=C(O)/C(F)=C(/Cl)C(=O)O. The lowest BCUT2D eigenvalue weighted by Crippen LogP contribution is -2.03. The van der Waals surface area contributed by atoms with Gasteiger partial charge in [0.1, 0.15) is 0 Å². The molecule has 0 unspecified atom stereocenters.